The van der Waals surface area contributed by atoms with Crippen LogP contribution >= 0.6 is 0 Å². The van der Waals surface area contributed by atoms with Gasteiger partial charge in [0, 0.05) is 25.4 Å². The Bertz CT molecular complexity index is 176. The molecule has 0 amide bonds. The molecule has 0 aromatic rings. The molecule has 0 nitrogen and oxygen atoms in total. The first-order valence-corrected chi connectivity index (χ1v) is 2.74. The molecule has 10 heavy (non-hydrogen) atoms. The van der Waals surface area contributed by atoms with E-state index in [2.05, 4.69) is 25.7 Å². The van der Waals surface area contributed by atoms with E-state index in [1.807, 2.05) is 12.2 Å². The van der Waals surface area contributed by atoms with E-state index >= 15 is 0 Å². The quantitative estimate of drug-likeness (QED) is 0.314. The zero-order valence-electron chi connectivity index (χ0n) is 6.32. The number of allylic oxidation sites excluding steroid dienone is 3. The second-order valence-corrected chi connectivity index (χ2v) is 2.01. The van der Waals surface area contributed by atoms with Crippen molar-refractivity contribution in [3.63, 3.8) is 0 Å². The molecule has 2 heteroatoms. The summed E-state index contributed by atoms with van der Waals surface area (Å²) in [7, 11) is 0. The molecule has 1 aliphatic carbocycles. The summed E-state index contributed by atoms with van der Waals surface area (Å²) in [6.45, 7) is 4.19. The maximum Gasteiger partial charge on any atom is 0.0270 e. The zero-order chi connectivity index (χ0) is 5.98. The molecular formula is C8H9IZn-. The van der Waals surface area contributed by atoms with Crippen molar-refractivity contribution in [1.29, 1.82) is 0 Å². The van der Waals surface area contributed by atoms with Gasteiger partial charge in [-0.15, -0.1) is 5.73 Å². The van der Waals surface area contributed by atoms with Gasteiger partial charge in [-0.2, -0.15) is 0 Å². The number of halogens is 1. The Morgan fingerprint density at radius 3 is 2.20 bits per heavy atom. The predicted molar refractivity (Wildman–Crippen MR) is 35.3 cm³/mol. The SMILES string of the molecule is C[C]1C=C=CC=C1C.[I-].[Zn]. The Labute approximate surface area is 92.2 Å². The van der Waals surface area contributed by atoms with Gasteiger partial charge in [-0.3, -0.25) is 0 Å². The molecule has 0 heterocycles. The van der Waals surface area contributed by atoms with Crippen molar-refractivity contribution in [3.8, 4) is 0 Å². The predicted octanol–water partition coefficient (Wildman–Crippen LogP) is -0.747. The molecular weight excluding hydrogens is 288 g/mol. The van der Waals surface area contributed by atoms with Crippen molar-refractivity contribution >= 4 is 0 Å². The van der Waals surface area contributed by atoms with Crippen LogP contribution in [0.15, 0.2) is 29.5 Å². The van der Waals surface area contributed by atoms with Crippen molar-refractivity contribution in [1.82, 2.24) is 0 Å². The average Bonchev–Trinajstić information content (AvgIpc) is 1.77. The first kappa shape index (κ1) is 13.2. The van der Waals surface area contributed by atoms with Crippen molar-refractivity contribution in [2.24, 2.45) is 0 Å². The maximum absolute atomic E-state index is 3.00. The van der Waals surface area contributed by atoms with Crippen LogP contribution in [-0.2, 0) is 19.5 Å². The molecule has 0 saturated heterocycles. The summed E-state index contributed by atoms with van der Waals surface area (Å²) >= 11 is 0. The molecule has 0 unspecified atom stereocenters. The van der Waals surface area contributed by atoms with Gasteiger partial charge in [-0.25, -0.2) is 0 Å². The topological polar surface area (TPSA) is 0 Å². The fourth-order valence-corrected chi connectivity index (χ4v) is 0.592. The van der Waals surface area contributed by atoms with Gasteiger partial charge >= 0.3 is 0 Å². The molecule has 0 bridgehead atoms. The molecule has 0 aliphatic heterocycles. The summed E-state index contributed by atoms with van der Waals surface area (Å²) in [5.41, 5.74) is 4.34. The Balaban J connectivity index is 0. The van der Waals surface area contributed by atoms with Crippen LogP contribution < -0.4 is 24.0 Å². The number of rotatable bonds is 0. The van der Waals surface area contributed by atoms with Crippen LogP contribution in [0.2, 0.25) is 0 Å². The van der Waals surface area contributed by atoms with E-state index in [1.54, 1.807) is 0 Å². The van der Waals surface area contributed by atoms with E-state index in [1.165, 1.54) is 11.5 Å². The normalized spacial score (nSPS) is 15.2. The Morgan fingerprint density at radius 2 is 1.90 bits per heavy atom. The summed E-state index contributed by atoms with van der Waals surface area (Å²) in [5, 5.41) is 0. The summed E-state index contributed by atoms with van der Waals surface area (Å²) < 4.78 is 0. The average molecular weight is 297 g/mol. The zero-order valence-corrected chi connectivity index (χ0v) is 11.4. The van der Waals surface area contributed by atoms with Crippen molar-refractivity contribution < 1.29 is 43.5 Å². The first-order chi connectivity index (χ1) is 3.80. The molecule has 1 aliphatic rings. The molecule has 0 aromatic carbocycles. The van der Waals surface area contributed by atoms with Gasteiger partial charge in [0.15, 0.2) is 0 Å². The molecule has 0 spiro atoms. The first-order valence-electron chi connectivity index (χ1n) is 2.74. The van der Waals surface area contributed by atoms with E-state index in [0.29, 0.717) is 0 Å². The van der Waals surface area contributed by atoms with Gasteiger partial charge in [0.05, 0.1) is 0 Å². The van der Waals surface area contributed by atoms with Crippen molar-refractivity contribution in [2.45, 2.75) is 13.8 Å². The van der Waals surface area contributed by atoms with E-state index in [4.69, 9.17) is 0 Å². The van der Waals surface area contributed by atoms with Gasteiger partial charge in [0.1, 0.15) is 0 Å². The van der Waals surface area contributed by atoms with E-state index in [0.717, 1.165) is 0 Å². The number of hydrogen-bond donors (Lipinski definition) is 0. The third-order valence-electron chi connectivity index (χ3n) is 1.35. The Hall–Kier alpha value is 0.613. The minimum absolute atomic E-state index is 0. The van der Waals surface area contributed by atoms with E-state index in [9.17, 15) is 0 Å². The third kappa shape index (κ3) is 3.70. The molecule has 0 saturated carbocycles. The van der Waals surface area contributed by atoms with Gasteiger partial charge in [-0.1, -0.05) is 18.6 Å². The smallest absolute Gasteiger partial charge is 0.0270 e. The largest absolute Gasteiger partial charge is 1.00 e. The van der Waals surface area contributed by atoms with E-state index < -0.39 is 0 Å². The Kier molecular flexibility index (Phi) is 8.37. The van der Waals surface area contributed by atoms with Crippen LogP contribution in [0.25, 0.3) is 0 Å². The fourth-order valence-electron chi connectivity index (χ4n) is 0.592. The maximum atomic E-state index is 3.00. The molecule has 1 radical (unpaired) electrons. The minimum atomic E-state index is 0. The molecule has 51 valence electrons. The Morgan fingerprint density at radius 1 is 1.30 bits per heavy atom. The monoisotopic (exact) mass is 296 g/mol. The summed E-state index contributed by atoms with van der Waals surface area (Å²) in [6.07, 6.45) is 5.99. The standard InChI is InChI=1S/C8H9.HI.Zn/c1-7-5-3-4-6-8(7)2;;/h3,5-6H,1-2H3;1H;/p-1. The van der Waals surface area contributed by atoms with Crippen molar-refractivity contribution in [2.75, 3.05) is 0 Å². The molecule has 0 atom stereocenters. The third-order valence-corrected chi connectivity index (χ3v) is 1.35. The summed E-state index contributed by atoms with van der Waals surface area (Å²) in [5.74, 6) is 1.31. The van der Waals surface area contributed by atoms with Crippen LogP contribution in [0.1, 0.15) is 13.8 Å². The minimum Gasteiger partial charge on any atom is -1.00 e. The van der Waals surface area contributed by atoms with Crippen molar-refractivity contribution in [3.05, 3.63) is 35.5 Å². The van der Waals surface area contributed by atoms with Gasteiger partial charge in [0.2, 0.25) is 0 Å². The van der Waals surface area contributed by atoms with Crippen LogP contribution in [0, 0.1) is 5.92 Å². The summed E-state index contributed by atoms with van der Waals surface area (Å²) in [4.78, 5) is 0. The molecule has 0 N–H and O–H groups in total. The van der Waals surface area contributed by atoms with Gasteiger partial charge < -0.3 is 24.0 Å². The second kappa shape index (κ2) is 6.33. The number of hydrogen-bond acceptors (Lipinski definition) is 0. The molecule has 0 aromatic heterocycles. The van der Waals surface area contributed by atoms with Gasteiger partial charge in [0.25, 0.3) is 0 Å². The van der Waals surface area contributed by atoms with Crippen LogP contribution in [0.5, 0.6) is 0 Å². The molecule has 1 rings (SSSR count). The van der Waals surface area contributed by atoms with Gasteiger partial charge in [-0.05, 0) is 19.1 Å². The fraction of sp³-hybridized carbons (Fsp3) is 0.250. The van der Waals surface area contributed by atoms with Crippen LogP contribution in [0.4, 0.5) is 0 Å². The second-order valence-electron chi connectivity index (χ2n) is 2.01. The van der Waals surface area contributed by atoms with Crippen LogP contribution in [-0.4, -0.2) is 0 Å². The van der Waals surface area contributed by atoms with Crippen LogP contribution in [0.3, 0.4) is 0 Å². The molecule has 0 fully saturated rings. The van der Waals surface area contributed by atoms with E-state index in [-0.39, 0.29) is 43.5 Å². The summed E-state index contributed by atoms with van der Waals surface area (Å²) in [6, 6.07) is 0.